The lowest BCUT2D eigenvalue weighted by Gasteiger charge is -2.33. The van der Waals surface area contributed by atoms with Crippen molar-refractivity contribution in [1.29, 1.82) is 0 Å². The minimum atomic E-state index is 0.158. The highest BCUT2D eigenvalue weighted by Gasteiger charge is 2.18. The summed E-state index contributed by atoms with van der Waals surface area (Å²) in [6, 6.07) is 8.87. The van der Waals surface area contributed by atoms with Crippen molar-refractivity contribution in [2.75, 3.05) is 24.6 Å². The average Bonchev–Trinajstić information content (AvgIpc) is 2.45. The number of aliphatic hydroxyl groups is 1. The molecular formula is C17H28N2O. The number of nitrogens with zero attached hydrogens (tertiary/aromatic N) is 1. The summed E-state index contributed by atoms with van der Waals surface area (Å²) in [6.07, 6.45) is 2.20. The molecular weight excluding hydrogens is 248 g/mol. The standard InChI is InChI=1S/C17H28N2O/c1-17(2,3)18-12-14-4-6-16(7-5-14)19-10-8-15(13-20)9-11-19/h4-7,15,18,20H,8-13H2,1-3H3. The molecule has 1 aromatic carbocycles. The van der Waals surface area contributed by atoms with Gasteiger partial charge in [-0.3, -0.25) is 0 Å². The Labute approximate surface area is 123 Å². The molecule has 0 atom stereocenters. The summed E-state index contributed by atoms with van der Waals surface area (Å²) in [5, 5.41) is 12.7. The lowest BCUT2D eigenvalue weighted by molar-refractivity contribution is 0.203. The van der Waals surface area contributed by atoms with Crippen molar-refractivity contribution in [3.8, 4) is 0 Å². The first-order valence-corrected chi connectivity index (χ1v) is 7.68. The number of hydrogen-bond acceptors (Lipinski definition) is 3. The molecule has 0 amide bonds. The van der Waals surface area contributed by atoms with E-state index in [9.17, 15) is 5.11 Å². The van der Waals surface area contributed by atoms with Crippen LogP contribution in [-0.2, 0) is 6.54 Å². The van der Waals surface area contributed by atoms with Gasteiger partial charge in [0.15, 0.2) is 0 Å². The van der Waals surface area contributed by atoms with Gasteiger partial charge in [-0.05, 0) is 57.2 Å². The maximum Gasteiger partial charge on any atom is 0.0460 e. The van der Waals surface area contributed by atoms with Crippen LogP contribution >= 0.6 is 0 Å². The van der Waals surface area contributed by atoms with Gasteiger partial charge in [-0.15, -0.1) is 0 Å². The third-order valence-corrected chi connectivity index (χ3v) is 4.00. The Hall–Kier alpha value is -1.06. The number of rotatable bonds is 4. The average molecular weight is 276 g/mol. The quantitative estimate of drug-likeness (QED) is 0.887. The second kappa shape index (κ2) is 6.59. The lowest BCUT2D eigenvalue weighted by atomic mass is 9.97. The Morgan fingerprint density at radius 3 is 2.25 bits per heavy atom. The van der Waals surface area contributed by atoms with Crippen molar-refractivity contribution < 1.29 is 5.11 Å². The number of anilines is 1. The third-order valence-electron chi connectivity index (χ3n) is 4.00. The molecule has 112 valence electrons. The van der Waals surface area contributed by atoms with Gasteiger partial charge in [0.1, 0.15) is 0 Å². The van der Waals surface area contributed by atoms with Crippen molar-refractivity contribution in [2.24, 2.45) is 5.92 Å². The van der Waals surface area contributed by atoms with Crippen LogP contribution in [0.2, 0.25) is 0 Å². The first-order chi connectivity index (χ1) is 9.48. The van der Waals surface area contributed by atoms with Crippen molar-refractivity contribution in [3.05, 3.63) is 29.8 Å². The Morgan fingerprint density at radius 1 is 1.15 bits per heavy atom. The zero-order valence-corrected chi connectivity index (χ0v) is 13.0. The molecule has 0 aromatic heterocycles. The SMILES string of the molecule is CC(C)(C)NCc1ccc(N2CCC(CO)CC2)cc1. The molecule has 0 spiro atoms. The second-order valence-electron chi connectivity index (χ2n) is 6.88. The first kappa shape index (κ1) is 15.3. The van der Waals surface area contributed by atoms with Gasteiger partial charge in [0.25, 0.3) is 0 Å². The van der Waals surface area contributed by atoms with Crippen LogP contribution in [0.3, 0.4) is 0 Å². The molecule has 1 aliphatic heterocycles. The minimum absolute atomic E-state index is 0.158. The summed E-state index contributed by atoms with van der Waals surface area (Å²) in [4.78, 5) is 2.42. The van der Waals surface area contributed by atoms with E-state index in [4.69, 9.17) is 0 Å². The molecule has 1 aromatic rings. The Kier molecular flexibility index (Phi) is 5.06. The predicted molar refractivity (Wildman–Crippen MR) is 85.1 cm³/mol. The number of nitrogens with one attached hydrogen (secondary N) is 1. The van der Waals surface area contributed by atoms with Gasteiger partial charge < -0.3 is 15.3 Å². The summed E-state index contributed by atoms with van der Waals surface area (Å²) in [5.74, 6) is 0.501. The smallest absolute Gasteiger partial charge is 0.0460 e. The van der Waals surface area contributed by atoms with Gasteiger partial charge in [-0.25, -0.2) is 0 Å². The molecule has 0 aliphatic carbocycles. The number of aliphatic hydroxyl groups excluding tert-OH is 1. The van der Waals surface area contributed by atoms with Gasteiger partial charge >= 0.3 is 0 Å². The lowest BCUT2D eigenvalue weighted by Crippen LogP contribution is -2.35. The fraction of sp³-hybridized carbons (Fsp3) is 0.647. The molecule has 3 heteroatoms. The van der Waals surface area contributed by atoms with Gasteiger partial charge in [-0.2, -0.15) is 0 Å². The number of hydrogen-bond donors (Lipinski definition) is 2. The van der Waals surface area contributed by atoms with E-state index in [-0.39, 0.29) is 5.54 Å². The summed E-state index contributed by atoms with van der Waals surface area (Å²) in [7, 11) is 0. The van der Waals surface area contributed by atoms with Crippen molar-refractivity contribution >= 4 is 5.69 Å². The molecule has 2 rings (SSSR count). The molecule has 1 aliphatic rings. The van der Waals surface area contributed by atoms with E-state index in [1.165, 1.54) is 11.3 Å². The normalized spacial score (nSPS) is 17.5. The van der Waals surface area contributed by atoms with E-state index in [1.807, 2.05) is 0 Å². The molecule has 20 heavy (non-hydrogen) atoms. The van der Waals surface area contributed by atoms with E-state index < -0.39 is 0 Å². The fourth-order valence-corrected chi connectivity index (χ4v) is 2.57. The van der Waals surface area contributed by atoms with Crippen LogP contribution in [0.4, 0.5) is 5.69 Å². The number of piperidine rings is 1. The van der Waals surface area contributed by atoms with Crippen LogP contribution in [0.25, 0.3) is 0 Å². The summed E-state index contributed by atoms with van der Waals surface area (Å²) in [6.45, 7) is 9.93. The minimum Gasteiger partial charge on any atom is -0.396 e. The maximum absolute atomic E-state index is 9.18. The third kappa shape index (κ3) is 4.50. The number of benzene rings is 1. The van der Waals surface area contributed by atoms with E-state index in [0.717, 1.165) is 32.5 Å². The highest BCUT2D eigenvalue weighted by atomic mass is 16.3. The highest BCUT2D eigenvalue weighted by Crippen LogP contribution is 2.23. The van der Waals surface area contributed by atoms with Crippen molar-refractivity contribution in [1.82, 2.24) is 5.32 Å². The van der Waals surface area contributed by atoms with Gasteiger partial charge in [0.05, 0.1) is 0 Å². The molecule has 2 N–H and O–H groups in total. The molecule has 0 unspecified atom stereocenters. The Balaban J connectivity index is 1.88. The highest BCUT2D eigenvalue weighted by molar-refractivity contribution is 5.48. The molecule has 1 heterocycles. The van der Waals surface area contributed by atoms with Crippen LogP contribution in [-0.4, -0.2) is 30.3 Å². The zero-order valence-electron chi connectivity index (χ0n) is 13.0. The van der Waals surface area contributed by atoms with E-state index in [1.54, 1.807) is 0 Å². The van der Waals surface area contributed by atoms with E-state index in [2.05, 4.69) is 55.3 Å². The zero-order chi connectivity index (χ0) is 14.6. The van der Waals surface area contributed by atoms with Crippen LogP contribution in [0.15, 0.2) is 24.3 Å². The molecule has 0 bridgehead atoms. The second-order valence-corrected chi connectivity index (χ2v) is 6.88. The summed E-state index contributed by atoms with van der Waals surface area (Å²) in [5.41, 5.74) is 2.79. The summed E-state index contributed by atoms with van der Waals surface area (Å²) >= 11 is 0. The summed E-state index contributed by atoms with van der Waals surface area (Å²) < 4.78 is 0. The van der Waals surface area contributed by atoms with Crippen molar-refractivity contribution in [2.45, 2.75) is 45.7 Å². The Bertz CT molecular complexity index is 400. The van der Waals surface area contributed by atoms with Crippen LogP contribution in [0.1, 0.15) is 39.2 Å². The molecule has 3 nitrogen and oxygen atoms in total. The van der Waals surface area contributed by atoms with Crippen LogP contribution < -0.4 is 10.2 Å². The monoisotopic (exact) mass is 276 g/mol. The van der Waals surface area contributed by atoms with Crippen LogP contribution in [0.5, 0.6) is 0 Å². The largest absolute Gasteiger partial charge is 0.396 e. The maximum atomic E-state index is 9.18. The van der Waals surface area contributed by atoms with Crippen LogP contribution in [0, 0.1) is 5.92 Å². The molecule has 1 fully saturated rings. The molecule has 0 saturated carbocycles. The van der Waals surface area contributed by atoms with E-state index >= 15 is 0 Å². The van der Waals surface area contributed by atoms with Gasteiger partial charge in [0, 0.05) is 37.5 Å². The first-order valence-electron chi connectivity index (χ1n) is 7.68. The molecule has 1 saturated heterocycles. The van der Waals surface area contributed by atoms with Gasteiger partial charge in [-0.1, -0.05) is 12.1 Å². The van der Waals surface area contributed by atoms with Crippen molar-refractivity contribution in [3.63, 3.8) is 0 Å². The van der Waals surface area contributed by atoms with Gasteiger partial charge in [0.2, 0.25) is 0 Å². The predicted octanol–water partition coefficient (Wildman–Crippen LogP) is 2.78. The topological polar surface area (TPSA) is 35.5 Å². The van der Waals surface area contributed by atoms with E-state index in [0.29, 0.717) is 12.5 Å². The fourth-order valence-electron chi connectivity index (χ4n) is 2.57. The molecule has 0 radical (unpaired) electrons. The Morgan fingerprint density at radius 2 is 1.75 bits per heavy atom.